The van der Waals surface area contributed by atoms with E-state index in [1.165, 1.54) is 0 Å². The largest absolute Gasteiger partial charge is 0.497 e. The summed E-state index contributed by atoms with van der Waals surface area (Å²) in [6.45, 7) is 12.0. The number of fused-ring (bicyclic) bond motifs is 1. The predicted octanol–water partition coefficient (Wildman–Crippen LogP) is 4.47. The van der Waals surface area contributed by atoms with Crippen molar-refractivity contribution in [1.82, 2.24) is 4.90 Å². The third-order valence-corrected chi connectivity index (χ3v) is 6.07. The number of benzene rings is 2. The van der Waals surface area contributed by atoms with Gasteiger partial charge in [0.25, 0.3) is 0 Å². The normalized spacial score (nSPS) is 19.5. The van der Waals surface area contributed by atoms with Crippen LogP contribution in [0.3, 0.4) is 0 Å². The van der Waals surface area contributed by atoms with Gasteiger partial charge >= 0.3 is 0 Å². The maximum Gasteiger partial charge on any atom is 0.135 e. The number of ether oxygens (including phenoxy) is 3. The predicted molar refractivity (Wildman–Crippen MR) is 120 cm³/mol. The molecule has 3 rings (SSSR count). The van der Waals surface area contributed by atoms with Crippen molar-refractivity contribution in [3.05, 3.63) is 52.6 Å². The van der Waals surface area contributed by atoms with Gasteiger partial charge < -0.3 is 19.3 Å². The lowest BCUT2D eigenvalue weighted by molar-refractivity contribution is 0.00325. The SMILES string of the molecule is COc1cc2c(c(OC)c1)C(O)(c1cc(C(C)(C)C)ccc1OC)CN(C(C)C)C2. The van der Waals surface area contributed by atoms with Gasteiger partial charge in [0.1, 0.15) is 22.8 Å². The van der Waals surface area contributed by atoms with Crippen LogP contribution in [-0.4, -0.2) is 43.9 Å². The lowest BCUT2D eigenvalue weighted by atomic mass is 9.76. The van der Waals surface area contributed by atoms with Gasteiger partial charge in [0.15, 0.2) is 0 Å². The summed E-state index contributed by atoms with van der Waals surface area (Å²) < 4.78 is 17.0. The molecule has 0 aromatic heterocycles. The highest BCUT2D eigenvalue weighted by Crippen LogP contribution is 2.48. The molecule has 0 aliphatic carbocycles. The maximum absolute atomic E-state index is 12.3. The standard InChI is InChI=1S/C25H35NO4/c1-16(2)26-14-17-11-19(28-6)13-22(30-8)23(17)25(27,15-26)20-12-18(24(3,4)5)9-10-21(20)29-7/h9-13,16,27H,14-15H2,1-8H3. The minimum Gasteiger partial charge on any atom is -0.497 e. The van der Waals surface area contributed by atoms with Crippen LogP contribution in [-0.2, 0) is 17.6 Å². The third-order valence-electron chi connectivity index (χ3n) is 6.07. The molecular weight excluding hydrogens is 378 g/mol. The molecular formula is C25H35NO4. The lowest BCUT2D eigenvalue weighted by Crippen LogP contribution is -2.49. The molecule has 5 nitrogen and oxygen atoms in total. The van der Waals surface area contributed by atoms with Crippen molar-refractivity contribution in [3.8, 4) is 17.2 Å². The van der Waals surface area contributed by atoms with E-state index in [1.807, 2.05) is 18.2 Å². The monoisotopic (exact) mass is 413 g/mol. The third kappa shape index (κ3) is 3.88. The molecule has 0 fully saturated rings. The molecule has 0 radical (unpaired) electrons. The second-order valence-corrected chi connectivity index (χ2v) is 9.39. The number of hydrogen-bond donors (Lipinski definition) is 1. The first-order chi connectivity index (χ1) is 14.0. The highest BCUT2D eigenvalue weighted by atomic mass is 16.5. The molecule has 2 aromatic rings. The topological polar surface area (TPSA) is 51.2 Å². The zero-order chi connectivity index (χ0) is 22.3. The number of methoxy groups -OCH3 is 3. The number of rotatable bonds is 5. The van der Waals surface area contributed by atoms with E-state index in [9.17, 15) is 5.11 Å². The Labute approximate surface area is 180 Å². The van der Waals surface area contributed by atoms with Crippen molar-refractivity contribution in [2.45, 2.75) is 58.2 Å². The number of nitrogens with zero attached hydrogens (tertiary/aromatic N) is 1. The van der Waals surface area contributed by atoms with Gasteiger partial charge in [-0.2, -0.15) is 0 Å². The molecule has 0 spiro atoms. The van der Waals surface area contributed by atoms with Gasteiger partial charge in [-0.3, -0.25) is 4.90 Å². The Balaban J connectivity index is 2.34. The zero-order valence-corrected chi connectivity index (χ0v) is 19.5. The van der Waals surface area contributed by atoms with E-state index in [1.54, 1.807) is 21.3 Å². The van der Waals surface area contributed by atoms with E-state index >= 15 is 0 Å². The summed E-state index contributed by atoms with van der Waals surface area (Å²) in [4.78, 5) is 2.27. The quantitative estimate of drug-likeness (QED) is 0.784. The van der Waals surface area contributed by atoms with Crippen molar-refractivity contribution >= 4 is 0 Å². The van der Waals surface area contributed by atoms with Crippen molar-refractivity contribution in [2.24, 2.45) is 0 Å². The fourth-order valence-corrected chi connectivity index (χ4v) is 4.25. The molecule has 1 aliphatic heterocycles. The maximum atomic E-state index is 12.3. The molecule has 1 unspecified atom stereocenters. The van der Waals surface area contributed by atoms with Crippen LogP contribution in [0.1, 0.15) is 56.9 Å². The van der Waals surface area contributed by atoms with Crippen LogP contribution in [0.4, 0.5) is 0 Å². The van der Waals surface area contributed by atoms with Crippen LogP contribution < -0.4 is 14.2 Å². The van der Waals surface area contributed by atoms with Gasteiger partial charge in [-0.25, -0.2) is 0 Å². The van der Waals surface area contributed by atoms with Crippen LogP contribution in [0.25, 0.3) is 0 Å². The Morgan fingerprint density at radius 1 is 0.967 bits per heavy atom. The highest BCUT2D eigenvalue weighted by Gasteiger charge is 2.45. The average molecular weight is 414 g/mol. The summed E-state index contributed by atoms with van der Waals surface area (Å²) in [7, 11) is 4.92. The van der Waals surface area contributed by atoms with E-state index in [0.29, 0.717) is 30.3 Å². The molecule has 0 bridgehead atoms. The molecule has 164 valence electrons. The summed E-state index contributed by atoms with van der Waals surface area (Å²) in [6.07, 6.45) is 0. The van der Waals surface area contributed by atoms with Crippen LogP contribution in [0.15, 0.2) is 30.3 Å². The summed E-state index contributed by atoms with van der Waals surface area (Å²) in [5.74, 6) is 2.01. The van der Waals surface area contributed by atoms with Gasteiger partial charge in [-0.05, 0) is 48.6 Å². The Morgan fingerprint density at radius 3 is 2.17 bits per heavy atom. The van der Waals surface area contributed by atoms with Gasteiger partial charge in [-0.15, -0.1) is 0 Å². The Kier molecular flexibility index (Phi) is 6.08. The molecule has 1 N–H and O–H groups in total. The second-order valence-electron chi connectivity index (χ2n) is 9.39. The first kappa shape index (κ1) is 22.4. The van der Waals surface area contributed by atoms with Gasteiger partial charge in [0.2, 0.25) is 0 Å². The van der Waals surface area contributed by atoms with Crippen LogP contribution in [0, 0.1) is 0 Å². The molecule has 2 aromatic carbocycles. The summed E-state index contributed by atoms with van der Waals surface area (Å²) in [5.41, 5.74) is 2.33. The Morgan fingerprint density at radius 2 is 1.63 bits per heavy atom. The number of aliphatic hydroxyl groups is 1. The van der Waals surface area contributed by atoms with Gasteiger partial charge in [0.05, 0.1) is 21.3 Å². The fourth-order valence-electron chi connectivity index (χ4n) is 4.25. The van der Waals surface area contributed by atoms with Gasteiger partial charge in [-0.1, -0.05) is 26.8 Å². The van der Waals surface area contributed by atoms with Crippen LogP contribution >= 0.6 is 0 Å². The van der Waals surface area contributed by atoms with Crippen molar-refractivity contribution < 1.29 is 19.3 Å². The Bertz CT molecular complexity index is 916. The Hall–Kier alpha value is -2.24. The highest BCUT2D eigenvalue weighted by molar-refractivity contribution is 5.58. The smallest absolute Gasteiger partial charge is 0.135 e. The van der Waals surface area contributed by atoms with E-state index in [0.717, 1.165) is 22.3 Å². The number of β-amino-alcohol motifs (C(OH)–C–C–N with tert-alkyl or cyclic N) is 1. The average Bonchev–Trinajstić information content (AvgIpc) is 2.71. The van der Waals surface area contributed by atoms with Crippen molar-refractivity contribution in [1.29, 1.82) is 0 Å². The van der Waals surface area contributed by atoms with Crippen molar-refractivity contribution in [2.75, 3.05) is 27.9 Å². The molecule has 0 saturated heterocycles. The minimum atomic E-state index is -1.29. The molecule has 1 heterocycles. The second kappa shape index (κ2) is 8.12. The molecule has 1 aliphatic rings. The molecule has 0 amide bonds. The van der Waals surface area contributed by atoms with E-state index < -0.39 is 5.60 Å². The minimum absolute atomic E-state index is 0.0589. The van der Waals surface area contributed by atoms with Crippen LogP contribution in [0.2, 0.25) is 0 Å². The molecule has 5 heteroatoms. The van der Waals surface area contributed by atoms with E-state index in [2.05, 4.69) is 51.7 Å². The van der Waals surface area contributed by atoms with E-state index in [4.69, 9.17) is 14.2 Å². The first-order valence-corrected chi connectivity index (χ1v) is 10.5. The molecule has 30 heavy (non-hydrogen) atoms. The zero-order valence-electron chi connectivity index (χ0n) is 19.5. The fraction of sp³-hybridized carbons (Fsp3) is 0.520. The summed E-state index contributed by atoms with van der Waals surface area (Å²) in [5, 5.41) is 12.3. The van der Waals surface area contributed by atoms with E-state index in [-0.39, 0.29) is 11.5 Å². The van der Waals surface area contributed by atoms with Gasteiger partial charge in [0, 0.05) is 36.3 Å². The summed E-state index contributed by atoms with van der Waals surface area (Å²) >= 11 is 0. The number of hydrogen-bond acceptors (Lipinski definition) is 5. The first-order valence-electron chi connectivity index (χ1n) is 10.5. The van der Waals surface area contributed by atoms with Crippen molar-refractivity contribution in [3.63, 3.8) is 0 Å². The molecule has 1 atom stereocenters. The molecule has 0 saturated carbocycles. The van der Waals surface area contributed by atoms with Crippen LogP contribution in [0.5, 0.6) is 17.2 Å². The lowest BCUT2D eigenvalue weighted by Gasteiger charge is -2.44. The summed E-state index contributed by atoms with van der Waals surface area (Å²) in [6, 6.07) is 10.2.